The van der Waals surface area contributed by atoms with Gasteiger partial charge in [-0.3, -0.25) is 4.79 Å². The summed E-state index contributed by atoms with van der Waals surface area (Å²) in [6.45, 7) is 0. The molecule has 1 aromatic carbocycles. The summed E-state index contributed by atoms with van der Waals surface area (Å²) in [4.78, 5) is 26.6. The lowest BCUT2D eigenvalue weighted by Gasteiger charge is -2.00. The molecule has 0 unspecified atom stereocenters. The summed E-state index contributed by atoms with van der Waals surface area (Å²) in [6, 6.07) is 11.4. The van der Waals surface area contributed by atoms with E-state index in [9.17, 15) is 9.70 Å². The van der Waals surface area contributed by atoms with Crippen LogP contribution < -0.4 is 0 Å². The normalized spacial score (nSPS) is 7.15. The van der Waals surface area contributed by atoms with E-state index in [0.29, 0.717) is 10.3 Å². The van der Waals surface area contributed by atoms with E-state index in [1.165, 1.54) is 0 Å². The summed E-state index contributed by atoms with van der Waals surface area (Å²) in [6.07, 6.45) is 0.771. The smallest absolute Gasteiger partial charge is 0.169 e. The fourth-order valence-electron chi connectivity index (χ4n) is 1.54. The zero-order valence-corrected chi connectivity index (χ0v) is 16.1. The second kappa shape index (κ2) is 13.0. The van der Waals surface area contributed by atoms with Crippen molar-refractivity contribution >= 4 is 48.9 Å². The molecule has 2 rings (SSSR count). The van der Waals surface area contributed by atoms with Gasteiger partial charge in [0.05, 0.1) is 6.04 Å². The first-order valence-electron chi connectivity index (χ1n) is 6.66. The lowest BCUT2D eigenvalue weighted by molar-refractivity contribution is 0.112. The van der Waals surface area contributed by atoms with Crippen LogP contribution in [0.2, 0.25) is 0 Å². The highest BCUT2D eigenvalue weighted by atomic mass is 79.9. The summed E-state index contributed by atoms with van der Waals surface area (Å²) >= 11 is 6.12. The summed E-state index contributed by atoms with van der Waals surface area (Å²) in [7, 11) is 0. The number of nitroso groups, excluding NO2 is 1. The van der Waals surface area contributed by atoms with Crippen LogP contribution in [0.5, 0.6) is 0 Å². The minimum atomic E-state index is 0.477. The first-order valence-corrected chi connectivity index (χ1v) is 8.25. The van der Waals surface area contributed by atoms with Crippen molar-refractivity contribution in [2.24, 2.45) is 5.18 Å². The first-order chi connectivity index (χ1) is 12.7. The Hall–Kier alpha value is -3.34. The van der Waals surface area contributed by atoms with Crippen LogP contribution in [0.1, 0.15) is 10.5 Å². The van der Waals surface area contributed by atoms with Gasteiger partial charge in [-0.2, -0.15) is 0 Å². The Morgan fingerprint density at radius 2 is 1.58 bits per heavy atom. The van der Waals surface area contributed by atoms with Crippen molar-refractivity contribution in [3.05, 3.63) is 45.5 Å². The number of pyridine rings is 1. The number of aldehydes is 1. The zero-order chi connectivity index (χ0) is 19.0. The number of aromatic nitrogens is 1. The Balaban J connectivity index is 0.000000260. The number of hydrogen-bond donors (Lipinski definition) is 0. The van der Waals surface area contributed by atoms with E-state index in [2.05, 4.69) is 94.2 Å². The number of fused-ring (bicyclic) bond motifs is 1. The Morgan fingerprint density at radius 3 is 2.19 bits per heavy atom. The van der Waals surface area contributed by atoms with Crippen molar-refractivity contribution in [2.75, 3.05) is 0 Å². The van der Waals surface area contributed by atoms with Gasteiger partial charge in [-0.1, -0.05) is 24.3 Å². The molecule has 122 valence electrons. The van der Waals surface area contributed by atoms with Crippen LogP contribution in [0.3, 0.4) is 0 Å². The van der Waals surface area contributed by atoms with Gasteiger partial charge < -0.3 is 0 Å². The number of nitrogens with zero attached hydrogens (tertiary/aromatic N) is 2. The monoisotopic (exact) mass is 464 g/mol. The van der Waals surface area contributed by atoms with Crippen molar-refractivity contribution in [3.8, 4) is 58.2 Å². The van der Waals surface area contributed by atoms with E-state index in [1.54, 1.807) is 0 Å². The van der Waals surface area contributed by atoms with Crippen molar-refractivity contribution in [2.45, 2.75) is 0 Å². The minimum absolute atomic E-state index is 0.477. The number of hydrogen-bond acceptors (Lipinski definition) is 4. The highest BCUT2D eigenvalue weighted by Crippen LogP contribution is 2.19. The molecule has 0 spiro atoms. The standard InChI is InChI=1S/C10H6BrNO.C10BrNO/c11-10-5-7-3-1-2-4-8(7)9(6-13)12-10;11-9-7-5-3-1-2-4-6-8-10-12-13/h1-6H;. The van der Waals surface area contributed by atoms with Gasteiger partial charge in [-0.25, -0.2) is 4.98 Å². The summed E-state index contributed by atoms with van der Waals surface area (Å²) in [5, 5.41) is 4.19. The number of carbonyl (C=O) groups is 1. The van der Waals surface area contributed by atoms with Crippen molar-refractivity contribution in [1.29, 1.82) is 0 Å². The summed E-state index contributed by atoms with van der Waals surface area (Å²) in [5.74, 6) is 18.9. The van der Waals surface area contributed by atoms with E-state index in [0.717, 1.165) is 17.1 Å². The third-order valence-corrected chi connectivity index (χ3v) is 3.04. The fraction of sp³-hybridized carbons (Fsp3) is 0. The molecule has 6 heteroatoms. The quantitative estimate of drug-likeness (QED) is 0.278. The number of carbonyl (C=O) groups excluding carboxylic acids is 1. The molecule has 0 bridgehead atoms. The largest absolute Gasteiger partial charge is 0.296 e. The molecule has 0 aliphatic carbocycles. The maximum Gasteiger partial charge on any atom is 0.169 e. The van der Waals surface area contributed by atoms with E-state index in [1.807, 2.05) is 36.4 Å². The predicted octanol–water partition coefficient (Wildman–Crippen LogP) is 3.89. The molecule has 0 saturated carbocycles. The van der Waals surface area contributed by atoms with E-state index in [4.69, 9.17) is 0 Å². The minimum Gasteiger partial charge on any atom is -0.296 e. The Labute approximate surface area is 167 Å². The second-order valence-corrected chi connectivity index (χ2v) is 5.18. The average molecular weight is 466 g/mol. The second-order valence-electron chi connectivity index (χ2n) is 3.97. The fourth-order valence-corrected chi connectivity index (χ4v) is 2.08. The van der Waals surface area contributed by atoms with E-state index < -0.39 is 0 Å². The molecule has 0 aliphatic rings. The van der Waals surface area contributed by atoms with Gasteiger partial charge in [0, 0.05) is 50.2 Å². The van der Waals surface area contributed by atoms with Gasteiger partial charge in [-0.05, 0) is 55.9 Å². The molecular weight excluding hydrogens is 460 g/mol. The Morgan fingerprint density at radius 1 is 0.962 bits per heavy atom. The van der Waals surface area contributed by atoms with Crippen LogP contribution in [0.4, 0.5) is 0 Å². The van der Waals surface area contributed by atoms with E-state index in [-0.39, 0.29) is 0 Å². The van der Waals surface area contributed by atoms with Gasteiger partial charge in [-0.15, -0.1) is 4.91 Å². The predicted molar refractivity (Wildman–Crippen MR) is 108 cm³/mol. The molecule has 0 saturated heterocycles. The van der Waals surface area contributed by atoms with Crippen LogP contribution in [0.25, 0.3) is 10.8 Å². The molecule has 4 nitrogen and oxygen atoms in total. The third kappa shape index (κ3) is 7.97. The third-order valence-electron chi connectivity index (χ3n) is 2.44. The average Bonchev–Trinajstić information content (AvgIpc) is 2.66. The SMILES string of the molecule is O=Cc1nc(Br)cc2ccccc12.O=NC#CC#CC#CC#CC#CBr. The van der Waals surface area contributed by atoms with Crippen LogP contribution in [0.15, 0.2) is 40.1 Å². The molecule has 1 aromatic heterocycles. The molecule has 1 heterocycles. The summed E-state index contributed by atoms with van der Waals surface area (Å²) < 4.78 is 0.688. The molecule has 0 fully saturated rings. The van der Waals surface area contributed by atoms with Crippen LogP contribution in [0, 0.1) is 63.1 Å². The molecule has 0 N–H and O–H groups in total. The number of benzene rings is 1. The van der Waals surface area contributed by atoms with Gasteiger partial charge in [0.2, 0.25) is 0 Å². The van der Waals surface area contributed by atoms with Gasteiger partial charge in [0.25, 0.3) is 0 Å². The Kier molecular flexibility index (Phi) is 10.4. The van der Waals surface area contributed by atoms with Crippen molar-refractivity contribution in [1.82, 2.24) is 4.98 Å². The lowest BCUT2D eigenvalue weighted by Crippen LogP contribution is -1.89. The highest BCUT2D eigenvalue weighted by Gasteiger charge is 2.01. The van der Waals surface area contributed by atoms with Gasteiger partial charge in [0.1, 0.15) is 10.3 Å². The van der Waals surface area contributed by atoms with Crippen molar-refractivity contribution in [3.63, 3.8) is 0 Å². The molecule has 26 heavy (non-hydrogen) atoms. The molecule has 0 amide bonds. The number of halogens is 2. The summed E-state index contributed by atoms with van der Waals surface area (Å²) in [5.41, 5.74) is 0.477. The van der Waals surface area contributed by atoms with Crippen LogP contribution in [-0.4, -0.2) is 11.3 Å². The molecule has 0 radical (unpaired) electrons. The molecule has 0 aliphatic heterocycles. The van der Waals surface area contributed by atoms with Crippen LogP contribution >= 0.6 is 31.9 Å². The Bertz CT molecular complexity index is 1130. The molecule has 0 atom stereocenters. The maximum absolute atomic E-state index is 10.7. The lowest BCUT2D eigenvalue weighted by atomic mass is 10.1. The van der Waals surface area contributed by atoms with Crippen molar-refractivity contribution < 1.29 is 4.79 Å². The molecular formula is C20H6Br2N2O2. The van der Waals surface area contributed by atoms with E-state index >= 15 is 0 Å². The molecule has 2 aromatic rings. The van der Waals surface area contributed by atoms with Crippen LogP contribution in [-0.2, 0) is 0 Å². The number of rotatable bonds is 1. The first kappa shape index (κ1) is 20.7. The maximum atomic E-state index is 10.7. The van der Waals surface area contributed by atoms with Gasteiger partial charge >= 0.3 is 0 Å². The zero-order valence-electron chi connectivity index (χ0n) is 12.9. The highest BCUT2D eigenvalue weighted by molar-refractivity contribution is 9.12. The topological polar surface area (TPSA) is 59.4 Å². The van der Waals surface area contributed by atoms with Gasteiger partial charge in [0.15, 0.2) is 6.29 Å².